The number of aromatic hydroxyl groups is 1. The van der Waals surface area contributed by atoms with Crippen LogP contribution in [-0.2, 0) is 20.9 Å². The maximum atomic E-state index is 14.5. The van der Waals surface area contributed by atoms with Crippen molar-refractivity contribution < 1.29 is 35.6 Å². The molecule has 0 saturated heterocycles. The van der Waals surface area contributed by atoms with E-state index in [4.69, 9.17) is 0 Å². The summed E-state index contributed by atoms with van der Waals surface area (Å²) >= 11 is 0.343. The van der Waals surface area contributed by atoms with Gasteiger partial charge in [-0.3, -0.25) is 0 Å². The SMILES string of the molecule is CC(C)(C)c1cc(Sc2c(F)c(F)c(S(=O)(=O)[O-])c(F)c2F)c(C(C)(C)C)cc1O. The van der Waals surface area contributed by atoms with Crippen molar-refractivity contribution in [2.24, 2.45) is 0 Å². The smallest absolute Gasteiger partial charge is 0.180 e. The summed E-state index contributed by atoms with van der Waals surface area (Å²) in [5.74, 6) is -8.59. The Bertz CT molecular complexity index is 1090. The molecule has 1 N–H and O–H groups in total. The molecule has 166 valence electrons. The average Bonchev–Trinajstić information content (AvgIpc) is 2.54. The molecule has 0 aliphatic heterocycles. The number of benzene rings is 2. The summed E-state index contributed by atoms with van der Waals surface area (Å²) in [6.07, 6.45) is 0. The molecule has 0 aliphatic carbocycles. The third-order valence-electron chi connectivity index (χ3n) is 4.36. The Balaban J connectivity index is 2.83. The minimum Gasteiger partial charge on any atom is -0.744 e. The third kappa shape index (κ3) is 4.60. The normalized spacial score (nSPS) is 13.0. The molecule has 2 rings (SSSR count). The number of phenolic OH excluding ortho intramolecular Hbond substituents is 1. The molecule has 0 unspecified atom stereocenters. The van der Waals surface area contributed by atoms with Crippen LogP contribution in [0.2, 0.25) is 0 Å². The van der Waals surface area contributed by atoms with Crippen molar-refractivity contribution >= 4 is 21.9 Å². The standard InChI is InChI=1S/C20H22F4O4S2/c1-19(2,3)9-8-12(10(7-11(9)25)20(4,5)6)29-17-13(21)15(23)18(30(26,27)28)16(24)14(17)22/h7-8,25H,1-6H3,(H,26,27,28)/p-1. The highest BCUT2D eigenvalue weighted by atomic mass is 32.2. The number of halogens is 4. The lowest BCUT2D eigenvalue weighted by molar-refractivity contribution is 0.381. The maximum Gasteiger partial charge on any atom is 0.180 e. The monoisotopic (exact) mass is 465 g/mol. The first-order valence-electron chi connectivity index (χ1n) is 8.75. The van der Waals surface area contributed by atoms with Crippen molar-refractivity contribution in [1.29, 1.82) is 0 Å². The van der Waals surface area contributed by atoms with Crippen molar-refractivity contribution in [2.75, 3.05) is 0 Å². The summed E-state index contributed by atoms with van der Waals surface area (Å²) in [6, 6.07) is 2.88. The highest BCUT2D eigenvalue weighted by Gasteiger charge is 2.31. The maximum absolute atomic E-state index is 14.5. The second-order valence-corrected chi connectivity index (χ2v) is 11.2. The van der Waals surface area contributed by atoms with Gasteiger partial charge in [-0.05, 0) is 28.5 Å². The largest absolute Gasteiger partial charge is 0.744 e. The molecule has 10 heteroatoms. The van der Waals surface area contributed by atoms with Crippen molar-refractivity contribution in [2.45, 2.75) is 67.1 Å². The molecule has 4 nitrogen and oxygen atoms in total. The molecular formula is C20H21F4O4S2-. The van der Waals surface area contributed by atoms with E-state index in [9.17, 15) is 35.6 Å². The first-order chi connectivity index (χ1) is 13.4. The Morgan fingerprint density at radius 2 is 1.27 bits per heavy atom. The van der Waals surface area contributed by atoms with Crippen LogP contribution in [-0.4, -0.2) is 18.1 Å². The van der Waals surface area contributed by atoms with Crippen molar-refractivity contribution in [3.8, 4) is 5.75 Å². The van der Waals surface area contributed by atoms with E-state index in [1.165, 1.54) is 12.1 Å². The molecule has 0 radical (unpaired) electrons. The van der Waals surface area contributed by atoms with E-state index in [-0.39, 0.29) is 10.6 Å². The molecule has 30 heavy (non-hydrogen) atoms. The second-order valence-electron chi connectivity index (χ2n) is 8.84. The third-order valence-corrected chi connectivity index (χ3v) is 6.34. The molecule has 0 bridgehead atoms. The zero-order chi connectivity index (χ0) is 23.4. The van der Waals surface area contributed by atoms with Gasteiger partial charge in [0.05, 0.1) is 4.90 Å². The molecule has 0 atom stereocenters. The predicted molar refractivity (Wildman–Crippen MR) is 104 cm³/mol. The van der Waals surface area contributed by atoms with Gasteiger partial charge in [0.2, 0.25) is 0 Å². The van der Waals surface area contributed by atoms with E-state index in [1.807, 2.05) is 0 Å². The van der Waals surface area contributed by atoms with Crippen LogP contribution in [0.5, 0.6) is 5.75 Å². The zero-order valence-electron chi connectivity index (χ0n) is 17.2. The zero-order valence-corrected chi connectivity index (χ0v) is 18.8. The molecular weight excluding hydrogens is 444 g/mol. The van der Waals surface area contributed by atoms with E-state index in [0.29, 0.717) is 22.9 Å². The first kappa shape index (κ1) is 24.5. The minimum absolute atomic E-state index is 0.0529. The van der Waals surface area contributed by atoms with Crippen molar-refractivity contribution in [3.05, 3.63) is 46.5 Å². The molecule has 0 spiro atoms. The Labute approximate surface area is 177 Å². The summed E-state index contributed by atoms with van der Waals surface area (Å²) in [4.78, 5) is -3.12. The van der Waals surface area contributed by atoms with Gasteiger partial charge in [-0.1, -0.05) is 53.3 Å². The number of hydrogen-bond acceptors (Lipinski definition) is 5. The van der Waals surface area contributed by atoms with Crippen LogP contribution in [0.3, 0.4) is 0 Å². The van der Waals surface area contributed by atoms with E-state index in [2.05, 4.69) is 0 Å². The van der Waals surface area contributed by atoms with E-state index < -0.39 is 54.0 Å². The van der Waals surface area contributed by atoms with Crippen LogP contribution >= 0.6 is 11.8 Å². The van der Waals surface area contributed by atoms with Crippen LogP contribution in [0.25, 0.3) is 0 Å². The van der Waals surface area contributed by atoms with Crippen LogP contribution in [0.4, 0.5) is 17.6 Å². The van der Waals surface area contributed by atoms with Gasteiger partial charge in [-0.15, -0.1) is 0 Å². The Morgan fingerprint density at radius 3 is 1.63 bits per heavy atom. The van der Waals surface area contributed by atoms with E-state index >= 15 is 0 Å². The summed E-state index contributed by atoms with van der Waals surface area (Å²) in [6.45, 7) is 10.7. The summed E-state index contributed by atoms with van der Waals surface area (Å²) in [5, 5.41) is 10.4. The molecule has 0 saturated carbocycles. The van der Waals surface area contributed by atoms with Gasteiger partial charge < -0.3 is 9.66 Å². The molecule has 0 aliphatic rings. The summed E-state index contributed by atoms with van der Waals surface area (Å²) in [7, 11) is -5.78. The molecule has 0 heterocycles. The predicted octanol–water partition coefficient (Wildman–Crippen LogP) is 5.60. The Hall–Kier alpha value is -1.78. The second kappa shape index (κ2) is 7.72. The lowest BCUT2D eigenvalue weighted by Gasteiger charge is -2.28. The quantitative estimate of drug-likeness (QED) is 0.363. The Morgan fingerprint density at radius 1 is 0.833 bits per heavy atom. The minimum atomic E-state index is -5.78. The molecule has 2 aromatic rings. The fourth-order valence-electron chi connectivity index (χ4n) is 2.85. The fraction of sp³-hybridized carbons (Fsp3) is 0.400. The molecule has 0 amide bonds. The highest BCUT2D eigenvalue weighted by molar-refractivity contribution is 7.99. The lowest BCUT2D eigenvalue weighted by Crippen LogP contribution is -2.17. The Kier molecular flexibility index (Phi) is 6.31. The number of rotatable bonds is 3. The molecule has 2 aromatic carbocycles. The van der Waals surface area contributed by atoms with Crippen LogP contribution in [0, 0.1) is 23.3 Å². The van der Waals surface area contributed by atoms with Gasteiger partial charge in [0.25, 0.3) is 0 Å². The number of phenols is 1. The van der Waals surface area contributed by atoms with Gasteiger partial charge in [0, 0.05) is 10.5 Å². The molecule has 0 fully saturated rings. The van der Waals surface area contributed by atoms with Crippen LogP contribution < -0.4 is 0 Å². The topological polar surface area (TPSA) is 77.4 Å². The number of hydrogen-bond donors (Lipinski definition) is 1. The highest BCUT2D eigenvalue weighted by Crippen LogP contribution is 2.45. The van der Waals surface area contributed by atoms with Crippen LogP contribution in [0.1, 0.15) is 52.7 Å². The fourth-order valence-corrected chi connectivity index (χ4v) is 4.70. The van der Waals surface area contributed by atoms with Gasteiger partial charge in [0.15, 0.2) is 23.3 Å². The molecule has 0 aromatic heterocycles. The summed E-state index contributed by atoms with van der Waals surface area (Å²) < 4.78 is 90.4. The van der Waals surface area contributed by atoms with Crippen molar-refractivity contribution in [3.63, 3.8) is 0 Å². The summed E-state index contributed by atoms with van der Waals surface area (Å²) in [5.41, 5.74) is -0.320. The van der Waals surface area contributed by atoms with Gasteiger partial charge in [0.1, 0.15) is 20.8 Å². The van der Waals surface area contributed by atoms with Gasteiger partial charge >= 0.3 is 0 Å². The van der Waals surface area contributed by atoms with Gasteiger partial charge in [-0.25, -0.2) is 26.0 Å². The van der Waals surface area contributed by atoms with Gasteiger partial charge in [-0.2, -0.15) is 0 Å². The van der Waals surface area contributed by atoms with E-state index in [1.54, 1.807) is 41.5 Å². The first-order valence-corrected chi connectivity index (χ1v) is 11.0. The lowest BCUT2D eigenvalue weighted by atomic mass is 9.81. The van der Waals surface area contributed by atoms with E-state index in [0.717, 1.165) is 0 Å². The average molecular weight is 466 g/mol. The van der Waals surface area contributed by atoms with Crippen LogP contribution in [0.15, 0.2) is 26.8 Å². The van der Waals surface area contributed by atoms with Crippen molar-refractivity contribution in [1.82, 2.24) is 0 Å².